The average molecular weight is 472 g/mol. The van der Waals surface area contributed by atoms with Gasteiger partial charge >= 0.3 is 0 Å². The topological polar surface area (TPSA) is 102 Å². The van der Waals surface area contributed by atoms with Crippen molar-refractivity contribution < 1.29 is 13.9 Å². The Balaban J connectivity index is 1.60. The largest absolute Gasteiger partial charge is 0.480 e. The maximum absolute atomic E-state index is 13.2. The Labute approximate surface area is 177 Å². The molecule has 0 radical (unpaired) electrons. The molecule has 4 rings (SSSR count). The van der Waals surface area contributed by atoms with Crippen molar-refractivity contribution in [3.8, 4) is 11.4 Å². The first-order chi connectivity index (χ1) is 14.4. The van der Waals surface area contributed by atoms with E-state index in [1.54, 1.807) is 31.2 Å². The number of anilines is 1. The highest BCUT2D eigenvalue weighted by Crippen LogP contribution is 2.27. The molecule has 8 nitrogen and oxygen atoms in total. The van der Waals surface area contributed by atoms with Gasteiger partial charge in [0, 0.05) is 0 Å². The molecule has 30 heavy (non-hydrogen) atoms. The van der Waals surface area contributed by atoms with Gasteiger partial charge in [-0.1, -0.05) is 12.1 Å². The smallest absolute Gasteiger partial charge is 0.265 e. The molecule has 152 valence electrons. The lowest BCUT2D eigenvalue weighted by Crippen LogP contribution is -2.30. The SMILES string of the molecule is CC(Oc1ccc(F)cc1Br)C(=O)Nc1ccccc1-n1ncc2c(=O)[nH]cnc21. The van der Waals surface area contributed by atoms with Crippen LogP contribution in [0.15, 0.2) is 64.3 Å². The van der Waals surface area contributed by atoms with E-state index in [1.807, 2.05) is 0 Å². The van der Waals surface area contributed by atoms with Crippen LogP contribution in [-0.4, -0.2) is 31.8 Å². The second kappa shape index (κ2) is 8.07. The monoisotopic (exact) mass is 471 g/mol. The number of nitrogens with zero attached hydrogens (tertiary/aromatic N) is 3. The van der Waals surface area contributed by atoms with Crippen molar-refractivity contribution in [2.24, 2.45) is 0 Å². The van der Waals surface area contributed by atoms with Gasteiger partial charge in [-0.3, -0.25) is 9.59 Å². The molecule has 2 aromatic heterocycles. The number of benzene rings is 2. The number of aromatic amines is 1. The number of carbonyl (C=O) groups is 1. The average Bonchev–Trinajstić information content (AvgIpc) is 3.16. The Morgan fingerprint density at radius 1 is 1.30 bits per heavy atom. The summed E-state index contributed by atoms with van der Waals surface area (Å²) in [6.45, 7) is 1.58. The lowest BCUT2D eigenvalue weighted by Gasteiger charge is -2.17. The van der Waals surface area contributed by atoms with Gasteiger partial charge in [0.2, 0.25) is 0 Å². The summed E-state index contributed by atoms with van der Waals surface area (Å²) in [7, 11) is 0. The molecule has 0 fully saturated rings. The minimum Gasteiger partial charge on any atom is -0.480 e. The Morgan fingerprint density at radius 3 is 2.90 bits per heavy atom. The van der Waals surface area contributed by atoms with Crippen molar-refractivity contribution in [3.63, 3.8) is 0 Å². The van der Waals surface area contributed by atoms with Crippen LogP contribution in [-0.2, 0) is 4.79 Å². The van der Waals surface area contributed by atoms with Crippen LogP contribution < -0.4 is 15.6 Å². The van der Waals surface area contributed by atoms with E-state index in [0.717, 1.165) is 0 Å². The molecule has 2 heterocycles. The van der Waals surface area contributed by atoms with Crippen LogP contribution in [0.4, 0.5) is 10.1 Å². The molecule has 0 bridgehead atoms. The molecule has 10 heteroatoms. The first kappa shape index (κ1) is 19.8. The summed E-state index contributed by atoms with van der Waals surface area (Å²) in [6, 6.07) is 10.9. The fourth-order valence-corrected chi connectivity index (χ4v) is 3.29. The van der Waals surface area contributed by atoms with E-state index < -0.39 is 17.8 Å². The number of H-pyrrole nitrogens is 1. The highest BCUT2D eigenvalue weighted by atomic mass is 79.9. The highest BCUT2D eigenvalue weighted by Gasteiger charge is 2.19. The van der Waals surface area contributed by atoms with Crippen LogP contribution in [0.1, 0.15) is 6.92 Å². The molecule has 0 saturated heterocycles. The van der Waals surface area contributed by atoms with Crippen molar-refractivity contribution in [1.29, 1.82) is 0 Å². The van der Waals surface area contributed by atoms with Crippen LogP contribution in [0.2, 0.25) is 0 Å². The van der Waals surface area contributed by atoms with Gasteiger partial charge in [-0.05, 0) is 53.2 Å². The third-order valence-corrected chi connectivity index (χ3v) is 4.95. The molecular formula is C20H15BrFN5O3. The molecule has 1 amide bonds. The van der Waals surface area contributed by atoms with Crippen LogP contribution in [0, 0.1) is 5.82 Å². The predicted molar refractivity (Wildman–Crippen MR) is 112 cm³/mol. The molecule has 0 aliphatic rings. The number of nitrogens with one attached hydrogen (secondary N) is 2. The van der Waals surface area contributed by atoms with Crippen LogP contribution >= 0.6 is 15.9 Å². The fourth-order valence-electron chi connectivity index (χ4n) is 2.85. The maximum atomic E-state index is 13.2. The zero-order valence-electron chi connectivity index (χ0n) is 15.6. The number of hydrogen-bond donors (Lipinski definition) is 2. The van der Waals surface area contributed by atoms with Crippen molar-refractivity contribution in [1.82, 2.24) is 19.7 Å². The van der Waals surface area contributed by atoms with Gasteiger partial charge in [0.05, 0.1) is 28.4 Å². The third kappa shape index (κ3) is 3.81. The number of halogens is 2. The second-order valence-electron chi connectivity index (χ2n) is 6.37. The zero-order valence-corrected chi connectivity index (χ0v) is 17.2. The van der Waals surface area contributed by atoms with Crippen LogP contribution in [0.3, 0.4) is 0 Å². The van der Waals surface area contributed by atoms with Crippen molar-refractivity contribution in [2.45, 2.75) is 13.0 Å². The first-order valence-corrected chi connectivity index (χ1v) is 9.67. The number of amides is 1. The molecule has 4 aromatic rings. The number of ether oxygens (including phenoxy) is 1. The zero-order chi connectivity index (χ0) is 21.3. The molecule has 0 saturated carbocycles. The lowest BCUT2D eigenvalue weighted by molar-refractivity contribution is -0.122. The molecule has 2 N–H and O–H groups in total. The summed E-state index contributed by atoms with van der Waals surface area (Å²) in [5.41, 5.74) is 1.05. The predicted octanol–water partition coefficient (Wildman–Crippen LogP) is 3.42. The van der Waals surface area contributed by atoms with E-state index in [1.165, 1.54) is 35.4 Å². The number of hydrogen-bond acceptors (Lipinski definition) is 5. The third-order valence-electron chi connectivity index (χ3n) is 4.33. The number of rotatable bonds is 5. The van der Waals surface area contributed by atoms with E-state index in [-0.39, 0.29) is 5.56 Å². The maximum Gasteiger partial charge on any atom is 0.265 e. The number of para-hydroxylation sites is 2. The number of fused-ring (bicyclic) bond motifs is 1. The molecule has 2 aromatic carbocycles. The van der Waals surface area contributed by atoms with E-state index >= 15 is 0 Å². The van der Waals surface area contributed by atoms with Gasteiger partial charge in [0.1, 0.15) is 17.0 Å². The van der Waals surface area contributed by atoms with E-state index in [2.05, 4.69) is 36.3 Å². The van der Waals surface area contributed by atoms with Gasteiger partial charge < -0.3 is 15.0 Å². The highest BCUT2D eigenvalue weighted by molar-refractivity contribution is 9.10. The minimum atomic E-state index is -0.866. The molecule has 1 atom stereocenters. The minimum absolute atomic E-state index is 0.306. The van der Waals surface area contributed by atoms with E-state index in [9.17, 15) is 14.0 Å². The number of aromatic nitrogens is 4. The van der Waals surface area contributed by atoms with Gasteiger partial charge in [-0.15, -0.1) is 0 Å². The van der Waals surface area contributed by atoms with Crippen LogP contribution in [0.25, 0.3) is 16.7 Å². The Hall–Kier alpha value is -3.53. The Morgan fingerprint density at radius 2 is 2.10 bits per heavy atom. The summed E-state index contributed by atoms with van der Waals surface area (Å²) in [5, 5.41) is 7.37. The van der Waals surface area contributed by atoms with Crippen LogP contribution in [0.5, 0.6) is 5.75 Å². The molecule has 1 unspecified atom stereocenters. The summed E-state index contributed by atoms with van der Waals surface area (Å²) in [5.74, 6) is -0.492. The van der Waals surface area contributed by atoms with E-state index in [4.69, 9.17) is 4.74 Å². The Bertz CT molecular complexity index is 1300. The molecule has 0 spiro atoms. The van der Waals surface area contributed by atoms with Crippen molar-refractivity contribution in [3.05, 3.63) is 75.6 Å². The van der Waals surface area contributed by atoms with E-state index in [0.29, 0.717) is 32.6 Å². The summed E-state index contributed by atoms with van der Waals surface area (Å²) >= 11 is 3.21. The first-order valence-electron chi connectivity index (χ1n) is 8.87. The van der Waals surface area contributed by atoms with Crippen molar-refractivity contribution >= 4 is 38.6 Å². The molecular weight excluding hydrogens is 457 g/mol. The van der Waals surface area contributed by atoms with Gasteiger partial charge in [0.25, 0.3) is 11.5 Å². The lowest BCUT2D eigenvalue weighted by atomic mass is 10.2. The summed E-state index contributed by atoms with van der Waals surface area (Å²) < 4.78 is 20.8. The number of carbonyl (C=O) groups excluding carboxylic acids is 1. The second-order valence-corrected chi connectivity index (χ2v) is 7.22. The summed E-state index contributed by atoms with van der Waals surface area (Å²) in [4.78, 5) is 31.3. The standard InChI is InChI=1S/C20H15BrFN5O3/c1-11(30-17-7-6-12(22)8-14(17)21)19(28)26-15-4-2-3-5-16(15)27-18-13(9-25-27)20(29)24-10-23-18/h2-11H,1H3,(H,26,28)(H,23,24,29). The fraction of sp³-hybridized carbons (Fsp3) is 0.100. The van der Waals surface area contributed by atoms with Crippen molar-refractivity contribution in [2.75, 3.05) is 5.32 Å². The Kier molecular flexibility index (Phi) is 5.32. The molecule has 0 aliphatic carbocycles. The summed E-state index contributed by atoms with van der Waals surface area (Å²) in [6.07, 6.45) is 1.84. The quantitative estimate of drug-likeness (QED) is 0.464. The normalized spacial score (nSPS) is 12.0. The van der Waals surface area contributed by atoms with Gasteiger partial charge in [-0.25, -0.2) is 14.1 Å². The molecule has 0 aliphatic heterocycles. The van der Waals surface area contributed by atoms with Gasteiger partial charge in [-0.2, -0.15) is 5.10 Å². The van der Waals surface area contributed by atoms with Gasteiger partial charge in [0.15, 0.2) is 11.8 Å².